The van der Waals surface area contributed by atoms with E-state index in [1.54, 1.807) is 17.2 Å². The van der Waals surface area contributed by atoms with Crippen molar-refractivity contribution < 1.29 is 4.79 Å². The van der Waals surface area contributed by atoms with Crippen molar-refractivity contribution in [1.82, 2.24) is 14.3 Å². The fourth-order valence-corrected chi connectivity index (χ4v) is 5.62. The molecule has 4 rings (SSSR count). The molecular formula is C23H21N3O2S3. The molecule has 0 N–H and O–H groups in total. The van der Waals surface area contributed by atoms with Crippen LogP contribution < -0.4 is 5.56 Å². The lowest BCUT2D eigenvalue weighted by Crippen LogP contribution is -2.36. The maximum Gasteiger partial charge on any atom is 0.266 e. The van der Waals surface area contributed by atoms with E-state index >= 15 is 0 Å². The molecule has 1 amide bonds. The molecule has 5 nitrogen and oxygen atoms in total. The fourth-order valence-electron chi connectivity index (χ4n) is 3.27. The van der Waals surface area contributed by atoms with Gasteiger partial charge in [0.1, 0.15) is 15.0 Å². The van der Waals surface area contributed by atoms with Gasteiger partial charge < -0.3 is 0 Å². The number of carbonyl (C=O) groups is 1. The second kappa shape index (κ2) is 8.98. The SMILES string of the molecule is CCC(C)N1C(=O)C(=Cc2c(Sc3ccccc3)nc3c(C)cccn3c2=O)SC1=S. The third kappa shape index (κ3) is 4.20. The number of hydrogen-bond acceptors (Lipinski definition) is 6. The molecule has 1 saturated heterocycles. The summed E-state index contributed by atoms with van der Waals surface area (Å²) in [5.74, 6) is -0.159. The van der Waals surface area contributed by atoms with Crippen molar-refractivity contribution in [3.63, 3.8) is 0 Å². The number of nitrogens with zero attached hydrogens (tertiary/aromatic N) is 3. The predicted octanol–water partition coefficient (Wildman–Crippen LogP) is 5.15. The standard InChI is InChI=1S/C23H21N3O2S3/c1-4-15(3)26-22(28)18(31-23(26)29)13-17-20(30-16-10-6-5-7-11-16)24-19-14(2)9-8-12-25(19)21(17)27/h5-13,15H,4H2,1-3H3. The molecule has 0 radical (unpaired) electrons. The van der Waals surface area contributed by atoms with Gasteiger partial charge in [-0.05, 0) is 50.1 Å². The number of rotatable bonds is 5. The molecule has 0 spiro atoms. The largest absolute Gasteiger partial charge is 0.290 e. The van der Waals surface area contributed by atoms with Gasteiger partial charge in [-0.2, -0.15) is 0 Å². The Morgan fingerprint density at radius 2 is 1.94 bits per heavy atom. The first-order valence-electron chi connectivity index (χ1n) is 9.92. The highest BCUT2D eigenvalue weighted by molar-refractivity contribution is 8.26. The highest BCUT2D eigenvalue weighted by atomic mass is 32.2. The van der Waals surface area contributed by atoms with Crippen LogP contribution in [0.1, 0.15) is 31.4 Å². The number of thiocarbonyl (C=S) groups is 1. The predicted molar refractivity (Wildman–Crippen MR) is 132 cm³/mol. The second-order valence-electron chi connectivity index (χ2n) is 7.24. The van der Waals surface area contributed by atoms with Crippen LogP contribution in [0.25, 0.3) is 11.7 Å². The number of aryl methyl sites for hydroxylation is 1. The number of fused-ring (bicyclic) bond motifs is 1. The minimum Gasteiger partial charge on any atom is -0.290 e. The Labute approximate surface area is 194 Å². The number of aromatic nitrogens is 2. The van der Waals surface area contributed by atoms with E-state index in [0.717, 1.165) is 16.9 Å². The first-order chi connectivity index (χ1) is 14.9. The Morgan fingerprint density at radius 3 is 2.65 bits per heavy atom. The molecule has 3 heterocycles. The Hall–Kier alpha value is -2.42. The van der Waals surface area contributed by atoms with E-state index in [1.807, 2.05) is 63.2 Å². The number of carbonyl (C=O) groups excluding carboxylic acids is 1. The maximum absolute atomic E-state index is 13.4. The molecule has 1 aliphatic rings. The number of thioether (sulfide) groups is 1. The summed E-state index contributed by atoms with van der Waals surface area (Å²) in [5.41, 5.74) is 1.70. The molecule has 2 aromatic heterocycles. The van der Waals surface area contributed by atoms with E-state index in [4.69, 9.17) is 17.2 Å². The molecule has 8 heteroatoms. The second-order valence-corrected chi connectivity index (χ2v) is 9.98. The molecule has 1 fully saturated rings. The quantitative estimate of drug-likeness (QED) is 0.294. The van der Waals surface area contributed by atoms with Gasteiger partial charge in [0.25, 0.3) is 11.5 Å². The average Bonchev–Trinajstić information content (AvgIpc) is 3.04. The zero-order chi connectivity index (χ0) is 22.1. The molecule has 31 heavy (non-hydrogen) atoms. The first-order valence-corrected chi connectivity index (χ1v) is 12.0. The fraction of sp³-hybridized carbons (Fsp3) is 0.217. The van der Waals surface area contributed by atoms with Crippen molar-refractivity contribution in [1.29, 1.82) is 0 Å². The van der Waals surface area contributed by atoms with E-state index in [1.165, 1.54) is 27.9 Å². The third-order valence-electron chi connectivity index (χ3n) is 5.14. The van der Waals surface area contributed by atoms with Gasteiger partial charge >= 0.3 is 0 Å². The summed E-state index contributed by atoms with van der Waals surface area (Å²) in [4.78, 5) is 34.3. The van der Waals surface area contributed by atoms with Crippen LogP contribution in [0.2, 0.25) is 0 Å². The number of amides is 1. The zero-order valence-electron chi connectivity index (χ0n) is 17.4. The van der Waals surface area contributed by atoms with Crippen LogP contribution >= 0.6 is 35.7 Å². The van der Waals surface area contributed by atoms with Crippen LogP contribution in [0.4, 0.5) is 0 Å². The lowest BCUT2D eigenvalue weighted by molar-refractivity contribution is -0.123. The van der Waals surface area contributed by atoms with E-state index in [2.05, 4.69) is 0 Å². The van der Waals surface area contributed by atoms with Crippen molar-refractivity contribution in [2.45, 2.75) is 43.2 Å². The van der Waals surface area contributed by atoms with Crippen molar-refractivity contribution >= 4 is 57.7 Å². The van der Waals surface area contributed by atoms with Gasteiger partial charge in [0.15, 0.2) is 0 Å². The molecule has 1 unspecified atom stereocenters. The molecular weight excluding hydrogens is 446 g/mol. The topological polar surface area (TPSA) is 54.7 Å². The Morgan fingerprint density at radius 1 is 1.19 bits per heavy atom. The van der Waals surface area contributed by atoms with Gasteiger partial charge in [-0.3, -0.25) is 18.9 Å². The molecule has 0 saturated carbocycles. The van der Waals surface area contributed by atoms with Gasteiger partial charge in [0.05, 0.1) is 10.5 Å². The van der Waals surface area contributed by atoms with Crippen molar-refractivity contribution in [3.05, 3.63) is 75.0 Å². The first kappa shape index (κ1) is 21.8. The summed E-state index contributed by atoms with van der Waals surface area (Å²) in [5, 5.41) is 0.569. The van der Waals surface area contributed by atoms with Crippen molar-refractivity contribution in [2.75, 3.05) is 0 Å². The third-order valence-corrected chi connectivity index (χ3v) is 7.48. The molecule has 0 bridgehead atoms. The Bertz CT molecular complexity index is 1270. The molecule has 1 atom stereocenters. The molecule has 1 aliphatic heterocycles. The maximum atomic E-state index is 13.4. The summed E-state index contributed by atoms with van der Waals surface area (Å²) in [6.45, 7) is 5.92. The summed E-state index contributed by atoms with van der Waals surface area (Å²) in [6, 6.07) is 13.5. The molecule has 3 aromatic rings. The lowest BCUT2D eigenvalue weighted by atomic mass is 10.2. The zero-order valence-corrected chi connectivity index (χ0v) is 19.8. The van der Waals surface area contributed by atoms with E-state index in [0.29, 0.717) is 25.5 Å². The number of benzene rings is 1. The van der Waals surface area contributed by atoms with Crippen LogP contribution in [0, 0.1) is 6.92 Å². The van der Waals surface area contributed by atoms with E-state index in [9.17, 15) is 9.59 Å². The van der Waals surface area contributed by atoms with Gasteiger partial charge in [0.2, 0.25) is 0 Å². The minimum atomic E-state index is -0.207. The lowest BCUT2D eigenvalue weighted by Gasteiger charge is -2.21. The highest BCUT2D eigenvalue weighted by Crippen LogP contribution is 2.36. The average molecular weight is 468 g/mol. The van der Waals surface area contributed by atoms with Gasteiger partial charge in [0, 0.05) is 17.1 Å². The molecule has 158 valence electrons. The number of pyridine rings is 1. The van der Waals surface area contributed by atoms with Gasteiger partial charge in [-0.25, -0.2) is 4.98 Å². The van der Waals surface area contributed by atoms with Crippen molar-refractivity contribution in [3.8, 4) is 0 Å². The summed E-state index contributed by atoms with van der Waals surface area (Å²) >= 11 is 8.09. The number of hydrogen-bond donors (Lipinski definition) is 0. The van der Waals surface area contributed by atoms with Gasteiger partial charge in [-0.15, -0.1) is 0 Å². The Balaban J connectivity index is 1.88. The molecule has 1 aromatic carbocycles. The van der Waals surface area contributed by atoms with E-state index < -0.39 is 0 Å². The van der Waals surface area contributed by atoms with Crippen LogP contribution in [0.3, 0.4) is 0 Å². The summed E-state index contributed by atoms with van der Waals surface area (Å²) in [6.07, 6.45) is 4.15. The van der Waals surface area contributed by atoms with Gasteiger partial charge in [-0.1, -0.05) is 66.9 Å². The highest BCUT2D eigenvalue weighted by Gasteiger charge is 2.35. The van der Waals surface area contributed by atoms with Crippen LogP contribution in [0.5, 0.6) is 0 Å². The monoisotopic (exact) mass is 467 g/mol. The van der Waals surface area contributed by atoms with Crippen LogP contribution in [-0.2, 0) is 4.79 Å². The van der Waals surface area contributed by atoms with Crippen LogP contribution in [0.15, 0.2) is 68.3 Å². The van der Waals surface area contributed by atoms with Crippen LogP contribution in [-0.4, -0.2) is 30.6 Å². The minimum absolute atomic E-state index is 0.00930. The van der Waals surface area contributed by atoms with Crippen molar-refractivity contribution in [2.24, 2.45) is 0 Å². The smallest absolute Gasteiger partial charge is 0.266 e. The summed E-state index contributed by atoms with van der Waals surface area (Å²) < 4.78 is 2.05. The normalized spacial score (nSPS) is 16.5. The Kier molecular flexibility index (Phi) is 6.31. The van der Waals surface area contributed by atoms with E-state index in [-0.39, 0.29) is 17.5 Å². The summed E-state index contributed by atoms with van der Waals surface area (Å²) in [7, 11) is 0. The molecule has 0 aliphatic carbocycles.